The standard InChI is InChI=1S/C22H31N5O/c1-15(2)14-27-17(4)19(16(3)25-27)10-11-22(28)23-12-13-26-18(5)24-20-8-6-7-9-21(20)26/h6-9,15H,10-14H2,1-5H3,(H,23,28). The molecule has 150 valence electrons. The Labute approximate surface area is 167 Å². The van der Waals surface area contributed by atoms with Crippen molar-refractivity contribution >= 4 is 16.9 Å². The number of amides is 1. The lowest BCUT2D eigenvalue weighted by atomic mass is 10.1. The van der Waals surface area contributed by atoms with E-state index in [2.05, 4.69) is 51.5 Å². The van der Waals surface area contributed by atoms with Crippen molar-refractivity contribution in [1.29, 1.82) is 0 Å². The van der Waals surface area contributed by atoms with Crippen LogP contribution in [0, 0.1) is 26.7 Å². The molecular formula is C22H31N5O. The summed E-state index contributed by atoms with van der Waals surface area (Å²) in [6.07, 6.45) is 1.22. The maximum absolute atomic E-state index is 12.3. The SMILES string of the molecule is Cc1nn(CC(C)C)c(C)c1CCC(=O)NCCn1c(C)nc2ccccc21. The van der Waals surface area contributed by atoms with Crippen molar-refractivity contribution in [2.24, 2.45) is 5.92 Å². The van der Waals surface area contributed by atoms with Gasteiger partial charge in [-0.15, -0.1) is 0 Å². The molecule has 1 amide bonds. The molecule has 0 spiro atoms. The summed E-state index contributed by atoms with van der Waals surface area (Å²) in [4.78, 5) is 16.9. The zero-order valence-corrected chi connectivity index (χ0v) is 17.6. The maximum atomic E-state index is 12.3. The number of nitrogens with zero attached hydrogens (tertiary/aromatic N) is 4. The van der Waals surface area contributed by atoms with Crippen molar-refractivity contribution in [2.45, 2.75) is 60.5 Å². The Balaban J connectivity index is 1.53. The minimum absolute atomic E-state index is 0.0810. The molecule has 0 radical (unpaired) electrons. The number of aromatic nitrogens is 4. The van der Waals surface area contributed by atoms with Crippen LogP contribution in [0.4, 0.5) is 0 Å². The molecule has 0 fully saturated rings. The summed E-state index contributed by atoms with van der Waals surface area (Å²) in [6, 6.07) is 8.09. The van der Waals surface area contributed by atoms with Gasteiger partial charge in [0.05, 0.1) is 16.7 Å². The van der Waals surface area contributed by atoms with Gasteiger partial charge in [-0.1, -0.05) is 26.0 Å². The molecule has 3 aromatic rings. The van der Waals surface area contributed by atoms with E-state index in [1.165, 1.54) is 11.3 Å². The first-order chi connectivity index (χ1) is 13.4. The fourth-order valence-electron chi connectivity index (χ4n) is 3.73. The molecule has 0 aliphatic carbocycles. The molecule has 6 heteroatoms. The van der Waals surface area contributed by atoms with Crippen LogP contribution in [-0.2, 0) is 24.3 Å². The summed E-state index contributed by atoms with van der Waals surface area (Å²) in [6.45, 7) is 12.8. The number of imidazole rings is 1. The molecular weight excluding hydrogens is 350 g/mol. The van der Waals surface area contributed by atoms with E-state index in [0.717, 1.165) is 42.1 Å². The van der Waals surface area contributed by atoms with E-state index in [0.29, 0.717) is 18.9 Å². The molecule has 1 N–H and O–H groups in total. The lowest BCUT2D eigenvalue weighted by Gasteiger charge is -2.09. The zero-order chi connectivity index (χ0) is 20.3. The Bertz CT molecular complexity index is 967. The molecule has 6 nitrogen and oxygen atoms in total. The van der Waals surface area contributed by atoms with E-state index < -0.39 is 0 Å². The smallest absolute Gasteiger partial charge is 0.220 e. The van der Waals surface area contributed by atoms with Crippen LogP contribution in [0.2, 0.25) is 0 Å². The largest absolute Gasteiger partial charge is 0.354 e. The van der Waals surface area contributed by atoms with Gasteiger partial charge in [0.15, 0.2) is 0 Å². The average Bonchev–Trinajstić information content (AvgIpc) is 3.09. The molecule has 0 bridgehead atoms. The van der Waals surface area contributed by atoms with Gasteiger partial charge in [0.25, 0.3) is 0 Å². The van der Waals surface area contributed by atoms with Crippen LogP contribution >= 0.6 is 0 Å². The highest BCUT2D eigenvalue weighted by Gasteiger charge is 2.14. The summed E-state index contributed by atoms with van der Waals surface area (Å²) in [7, 11) is 0. The van der Waals surface area contributed by atoms with Gasteiger partial charge in [-0.25, -0.2) is 4.98 Å². The minimum atomic E-state index is 0.0810. The second-order valence-corrected chi connectivity index (χ2v) is 7.87. The van der Waals surface area contributed by atoms with E-state index >= 15 is 0 Å². The van der Waals surface area contributed by atoms with Crippen LogP contribution in [0.3, 0.4) is 0 Å². The third-order valence-corrected chi connectivity index (χ3v) is 5.17. The number of rotatable bonds is 8. The molecule has 0 saturated carbocycles. The van der Waals surface area contributed by atoms with E-state index in [1.54, 1.807) is 0 Å². The van der Waals surface area contributed by atoms with Gasteiger partial charge in [-0.05, 0) is 50.8 Å². The van der Waals surface area contributed by atoms with Crippen LogP contribution in [0.1, 0.15) is 43.0 Å². The highest BCUT2D eigenvalue weighted by atomic mass is 16.1. The third-order valence-electron chi connectivity index (χ3n) is 5.17. The fourth-order valence-corrected chi connectivity index (χ4v) is 3.73. The second-order valence-electron chi connectivity index (χ2n) is 7.87. The molecule has 0 saturated heterocycles. The van der Waals surface area contributed by atoms with Gasteiger partial charge in [0.2, 0.25) is 5.91 Å². The van der Waals surface area contributed by atoms with Gasteiger partial charge in [-0.2, -0.15) is 5.10 Å². The Morgan fingerprint density at radius 3 is 2.68 bits per heavy atom. The number of para-hydroxylation sites is 2. The number of nitrogens with one attached hydrogen (secondary N) is 1. The zero-order valence-electron chi connectivity index (χ0n) is 17.6. The number of carbonyl (C=O) groups excluding carboxylic acids is 1. The Morgan fingerprint density at radius 1 is 1.18 bits per heavy atom. The Kier molecular flexibility index (Phi) is 6.17. The number of fused-ring (bicyclic) bond motifs is 1. The minimum Gasteiger partial charge on any atom is -0.354 e. The van der Waals surface area contributed by atoms with E-state index in [-0.39, 0.29) is 5.91 Å². The van der Waals surface area contributed by atoms with Gasteiger partial charge >= 0.3 is 0 Å². The van der Waals surface area contributed by atoms with Crippen molar-refractivity contribution in [3.05, 3.63) is 47.0 Å². The molecule has 0 unspecified atom stereocenters. The fraction of sp³-hybridized carbons (Fsp3) is 0.500. The molecule has 0 aliphatic rings. The summed E-state index contributed by atoms with van der Waals surface area (Å²) in [5, 5.41) is 7.68. The predicted octanol–water partition coefficient (Wildman–Crippen LogP) is 3.56. The van der Waals surface area contributed by atoms with E-state index in [9.17, 15) is 4.79 Å². The molecule has 28 heavy (non-hydrogen) atoms. The summed E-state index contributed by atoms with van der Waals surface area (Å²) >= 11 is 0. The van der Waals surface area contributed by atoms with Crippen LogP contribution in [0.25, 0.3) is 11.0 Å². The summed E-state index contributed by atoms with van der Waals surface area (Å²) in [5.74, 6) is 1.61. The average molecular weight is 382 g/mol. The number of aryl methyl sites for hydroxylation is 2. The molecule has 0 atom stereocenters. The highest BCUT2D eigenvalue weighted by Crippen LogP contribution is 2.17. The number of benzene rings is 1. The van der Waals surface area contributed by atoms with Crippen molar-refractivity contribution in [1.82, 2.24) is 24.6 Å². The summed E-state index contributed by atoms with van der Waals surface area (Å²) < 4.78 is 4.22. The molecule has 2 aromatic heterocycles. The third kappa shape index (κ3) is 4.43. The number of hydrogen-bond acceptors (Lipinski definition) is 3. The molecule has 2 heterocycles. The quantitative estimate of drug-likeness (QED) is 0.649. The highest BCUT2D eigenvalue weighted by molar-refractivity contribution is 5.77. The monoisotopic (exact) mass is 381 g/mol. The van der Waals surface area contributed by atoms with E-state index in [4.69, 9.17) is 0 Å². The van der Waals surface area contributed by atoms with Crippen LogP contribution in [-0.4, -0.2) is 31.8 Å². The van der Waals surface area contributed by atoms with Crippen LogP contribution in [0.5, 0.6) is 0 Å². The van der Waals surface area contributed by atoms with Crippen molar-refractivity contribution in [3.8, 4) is 0 Å². The first-order valence-corrected chi connectivity index (χ1v) is 10.1. The first kappa shape index (κ1) is 20.1. The van der Waals surface area contributed by atoms with Gasteiger partial charge < -0.3 is 9.88 Å². The maximum Gasteiger partial charge on any atom is 0.220 e. The molecule has 3 rings (SSSR count). The van der Waals surface area contributed by atoms with Crippen molar-refractivity contribution < 1.29 is 4.79 Å². The molecule has 1 aromatic carbocycles. The lowest BCUT2D eigenvalue weighted by Crippen LogP contribution is -2.27. The van der Waals surface area contributed by atoms with E-state index in [1.807, 2.05) is 32.0 Å². The topological polar surface area (TPSA) is 64.7 Å². The summed E-state index contributed by atoms with van der Waals surface area (Å²) in [5.41, 5.74) is 5.52. The predicted molar refractivity (Wildman–Crippen MR) is 112 cm³/mol. The normalized spacial score (nSPS) is 11.5. The van der Waals surface area contributed by atoms with Crippen molar-refractivity contribution in [2.75, 3.05) is 6.54 Å². The Morgan fingerprint density at radius 2 is 1.93 bits per heavy atom. The first-order valence-electron chi connectivity index (χ1n) is 10.1. The van der Waals surface area contributed by atoms with Gasteiger partial charge in [-0.3, -0.25) is 9.48 Å². The van der Waals surface area contributed by atoms with Gasteiger partial charge in [0.1, 0.15) is 5.82 Å². The Hall–Kier alpha value is -2.63. The number of carbonyl (C=O) groups is 1. The lowest BCUT2D eigenvalue weighted by molar-refractivity contribution is -0.121. The van der Waals surface area contributed by atoms with Crippen LogP contribution in [0.15, 0.2) is 24.3 Å². The van der Waals surface area contributed by atoms with Crippen LogP contribution < -0.4 is 5.32 Å². The van der Waals surface area contributed by atoms with Crippen molar-refractivity contribution in [3.63, 3.8) is 0 Å². The van der Waals surface area contributed by atoms with Gasteiger partial charge in [0, 0.05) is 31.7 Å². The molecule has 0 aliphatic heterocycles. The second kappa shape index (κ2) is 8.59. The number of hydrogen-bond donors (Lipinski definition) is 1.